The lowest BCUT2D eigenvalue weighted by molar-refractivity contribution is 0.0372. The summed E-state index contributed by atoms with van der Waals surface area (Å²) in [6, 6.07) is 8.97. The van der Waals surface area contributed by atoms with Gasteiger partial charge in [0.1, 0.15) is 0 Å². The maximum atomic E-state index is 5.39. The summed E-state index contributed by atoms with van der Waals surface area (Å²) in [6.07, 6.45) is 3.44. The van der Waals surface area contributed by atoms with Gasteiger partial charge in [-0.05, 0) is 36.9 Å². The Hall–Kier alpha value is -1.59. The molecule has 0 bridgehead atoms. The molecule has 0 unspecified atom stereocenters. The Morgan fingerprint density at radius 2 is 1.81 bits per heavy atom. The highest BCUT2D eigenvalue weighted by molar-refractivity contribution is 5.79. The first kappa shape index (κ1) is 21.7. The molecule has 1 saturated heterocycles. The molecule has 1 aliphatic rings. The third-order valence-corrected chi connectivity index (χ3v) is 5.36. The fraction of sp³-hybridized carbons (Fsp3) is 0.682. The Balaban J connectivity index is 1.67. The van der Waals surface area contributed by atoms with Crippen molar-refractivity contribution in [2.75, 3.05) is 53.0 Å². The molecule has 2 N–H and O–H groups in total. The maximum absolute atomic E-state index is 5.39. The summed E-state index contributed by atoms with van der Waals surface area (Å²) >= 11 is 0. The maximum Gasteiger partial charge on any atom is 0.191 e. The Morgan fingerprint density at radius 3 is 2.44 bits per heavy atom. The van der Waals surface area contributed by atoms with Crippen LogP contribution in [0.2, 0.25) is 0 Å². The zero-order valence-corrected chi connectivity index (χ0v) is 17.7. The molecule has 5 heteroatoms. The van der Waals surface area contributed by atoms with E-state index in [1.807, 2.05) is 7.05 Å². The second-order valence-electron chi connectivity index (χ2n) is 7.95. The van der Waals surface area contributed by atoms with Crippen LogP contribution in [0.4, 0.5) is 0 Å². The molecular formula is C22H38N4O. The van der Waals surface area contributed by atoms with Gasteiger partial charge in [-0.25, -0.2) is 0 Å². The number of benzene rings is 1. The van der Waals surface area contributed by atoms with E-state index in [2.05, 4.69) is 65.6 Å². The fourth-order valence-electron chi connectivity index (χ4n) is 3.31. The van der Waals surface area contributed by atoms with E-state index < -0.39 is 0 Å². The highest BCUT2D eigenvalue weighted by atomic mass is 16.5. The molecule has 1 fully saturated rings. The van der Waals surface area contributed by atoms with E-state index in [1.54, 1.807) is 0 Å². The Kier molecular flexibility index (Phi) is 9.08. The minimum atomic E-state index is 0.0558. The molecule has 0 aliphatic carbocycles. The van der Waals surface area contributed by atoms with Gasteiger partial charge in [-0.3, -0.25) is 9.89 Å². The molecule has 0 atom stereocenters. The molecule has 1 aromatic carbocycles. The molecule has 1 aromatic rings. The largest absolute Gasteiger partial charge is 0.379 e. The van der Waals surface area contributed by atoms with Crippen LogP contribution in [0.3, 0.4) is 0 Å². The van der Waals surface area contributed by atoms with Crippen LogP contribution >= 0.6 is 0 Å². The van der Waals surface area contributed by atoms with Crippen LogP contribution in [0, 0.1) is 0 Å². The number of aryl methyl sites for hydroxylation is 1. The summed E-state index contributed by atoms with van der Waals surface area (Å²) < 4.78 is 5.39. The van der Waals surface area contributed by atoms with Gasteiger partial charge in [-0.15, -0.1) is 0 Å². The zero-order chi connectivity index (χ0) is 19.5. The van der Waals surface area contributed by atoms with Crippen molar-refractivity contribution in [2.45, 2.75) is 45.4 Å². The average Bonchev–Trinajstić information content (AvgIpc) is 2.71. The van der Waals surface area contributed by atoms with E-state index in [0.29, 0.717) is 0 Å². The van der Waals surface area contributed by atoms with Crippen LogP contribution in [-0.4, -0.2) is 63.8 Å². The number of nitrogens with zero attached hydrogens (tertiary/aromatic N) is 2. The first-order valence-electron chi connectivity index (χ1n) is 10.4. The number of morpholine rings is 1. The van der Waals surface area contributed by atoms with Crippen molar-refractivity contribution in [2.24, 2.45) is 4.99 Å². The minimum absolute atomic E-state index is 0.0558. The number of aliphatic imine (C=N–C) groups is 1. The molecule has 0 amide bonds. The third-order valence-electron chi connectivity index (χ3n) is 5.36. The number of rotatable bonds is 9. The summed E-state index contributed by atoms with van der Waals surface area (Å²) in [5, 5.41) is 6.93. The highest BCUT2D eigenvalue weighted by Gasteiger charge is 2.20. The standard InChI is InChI=1S/C22H38N4O/c1-5-19-8-10-20(11-9-19)22(2,3)18-25-21(23-4)24-12-6-7-13-26-14-16-27-17-15-26/h8-11H,5-7,12-18H2,1-4H3,(H2,23,24,25). The smallest absolute Gasteiger partial charge is 0.191 e. The van der Waals surface area contributed by atoms with Gasteiger partial charge in [-0.2, -0.15) is 0 Å². The van der Waals surface area contributed by atoms with Crippen LogP contribution in [-0.2, 0) is 16.6 Å². The molecular weight excluding hydrogens is 336 g/mol. The predicted molar refractivity (Wildman–Crippen MR) is 115 cm³/mol. The second-order valence-corrected chi connectivity index (χ2v) is 7.95. The van der Waals surface area contributed by atoms with Crippen molar-refractivity contribution in [3.63, 3.8) is 0 Å². The van der Waals surface area contributed by atoms with Crippen molar-refractivity contribution >= 4 is 5.96 Å². The Morgan fingerprint density at radius 1 is 1.11 bits per heavy atom. The summed E-state index contributed by atoms with van der Waals surface area (Å²) in [4.78, 5) is 6.86. The van der Waals surface area contributed by atoms with Crippen molar-refractivity contribution in [3.05, 3.63) is 35.4 Å². The first-order valence-corrected chi connectivity index (χ1v) is 10.4. The van der Waals surface area contributed by atoms with Crippen molar-refractivity contribution in [1.29, 1.82) is 0 Å². The lowest BCUT2D eigenvalue weighted by Gasteiger charge is -2.27. The van der Waals surface area contributed by atoms with E-state index in [9.17, 15) is 0 Å². The average molecular weight is 375 g/mol. The Labute approximate surface area is 165 Å². The van der Waals surface area contributed by atoms with Crippen LogP contribution in [0.5, 0.6) is 0 Å². The van der Waals surface area contributed by atoms with Gasteiger partial charge in [0.15, 0.2) is 5.96 Å². The molecule has 0 aromatic heterocycles. The van der Waals surface area contributed by atoms with E-state index in [1.165, 1.54) is 17.5 Å². The number of hydrogen-bond donors (Lipinski definition) is 2. The van der Waals surface area contributed by atoms with Gasteiger partial charge in [0, 0.05) is 38.6 Å². The molecule has 0 saturated carbocycles. The lowest BCUT2D eigenvalue weighted by atomic mass is 9.84. The van der Waals surface area contributed by atoms with Gasteiger partial charge in [0.25, 0.3) is 0 Å². The van der Waals surface area contributed by atoms with E-state index in [0.717, 1.165) is 64.7 Å². The van der Waals surface area contributed by atoms with Gasteiger partial charge >= 0.3 is 0 Å². The number of guanidine groups is 1. The molecule has 152 valence electrons. The monoisotopic (exact) mass is 374 g/mol. The minimum Gasteiger partial charge on any atom is -0.379 e. The number of ether oxygens (including phenoxy) is 1. The summed E-state index contributed by atoms with van der Waals surface area (Å²) in [7, 11) is 1.84. The summed E-state index contributed by atoms with van der Waals surface area (Å²) in [5.41, 5.74) is 2.80. The highest BCUT2D eigenvalue weighted by Crippen LogP contribution is 2.22. The topological polar surface area (TPSA) is 48.9 Å². The third kappa shape index (κ3) is 7.51. The molecule has 0 radical (unpaired) electrons. The fourth-order valence-corrected chi connectivity index (χ4v) is 3.31. The van der Waals surface area contributed by atoms with E-state index in [-0.39, 0.29) is 5.41 Å². The molecule has 2 rings (SSSR count). The second kappa shape index (κ2) is 11.3. The molecule has 1 aliphatic heterocycles. The predicted octanol–water partition coefficient (Wildman–Crippen LogP) is 2.80. The summed E-state index contributed by atoms with van der Waals surface area (Å²) in [6.45, 7) is 13.6. The SMILES string of the molecule is CCc1ccc(C(C)(C)CNC(=NC)NCCCCN2CCOCC2)cc1. The van der Waals surface area contributed by atoms with Crippen molar-refractivity contribution in [3.8, 4) is 0 Å². The van der Waals surface area contributed by atoms with Gasteiger partial charge in [0.05, 0.1) is 13.2 Å². The van der Waals surface area contributed by atoms with Gasteiger partial charge in [0.2, 0.25) is 0 Å². The molecule has 0 spiro atoms. The van der Waals surface area contributed by atoms with Crippen LogP contribution < -0.4 is 10.6 Å². The number of unbranched alkanes of at least 4 members (excludes halogenated alkanes) is 1. The zero-order valence-electron chi connectivity index (χ0n) is 17.7. The van der Waals surface area contributed by atoms with Crippen LogP contribution in [0.25, 0.3) is 0 Å². The Bertz CT molecular complexity index is 562. The normalized spacial score (nSPS) is 16.4. The molecule has 5 nitrogen and oxygen atoms in total. The first-order chi connectivity index (χ1) is 13.0. The molecule has 1 heterocycles. The summed E-state index contributed by atoms with van der Waals surface area (Å²) in [5.74, 6) is 0.889. The number of nitrogens with one attached hydrogen (secondary N) is 2. The van der Waals surface area contributed by atoms with E-state index in [4.69, 9.17) is 4.74 Å². The van der Waals surface area contributed by atoms with Crippen molar-refractivity contribution < 1.29 is 4.74 Å². The van der Waals surface area contributed by atoms with Gasteiger partial charge < -0.3 is 15.4 Å². The van der Waals surface area contributed by atoms with Crippen LogP contribution in [0.15, 0.2) is 29.3 Å². The lowest BCUT2D eigenvalue weighted by Crippen LogP contribution is -2.43. The quantitative estimate of drug-likeness (QED) is 0.396. The van der Waals surface area contributed by atoms with Crippen molar-refractivity contribution in [1.82, 2.24) is 15.5 Å². The van der Waals surface area contributed by atoms with E-state index >= 15 is 0 Å². The molecule has 27 heavy (non-hydrogen) atoms. The number of hydrogen-bond acceptors (Lipinski definition) is 3. The van der Waals surface area contributed by atoms with Gasteiger partial charge in [-0.1, -0.05) is 45.0 Å². The van der Waals surface area contributed by atoms with Crippen LogP contribution in [0.1, 0.15) is 44.7 Å².